The Hall–Kier alpha value is -0.540. The zero-order valence-electron chi connectivity index (χ0n) is 9.62. The number of rotatable bonds is 4. The van der Waals surface area contributed by atoms with Crippen LogP contribution in [-0.4, -0.2) is 0 Å². The van der Waals surface area contributed by atoms with E-state index in [1.54, 1.807) is 0 Å². The van der Waals surface area contributed by atoms with Crippen LogP contribution in [0.4, 0.5) is 0 Å². The van der Waals surface area contributed by atoms with Crippen molar-refractivity contribution in [2.24, 2.45) is 0 Å². The van der Waals surface area contributed by atoms with Gasteiger partial charge in [-0.1, -0.05) is 50.9 Å². The minimum Gasteiger partial charge on any atom is -0.465 e. The third-order valence-corrected chi connectivity index (χ3v) is 3.97. The molecule has 0 fully saturated rings. The summed E-state index contributed by atoms with van der Waals surface area (Å²) in [5, 5.41) is 0. The zero-order valence-corrected chi connectivity index (χ0v) is 12.8. The van der Waals surface area contributed by atoms with Gasteiger partial charge in [0.2, 0.25) is 0 Å². The molecule has 0 saturated heterocycles. The molecule has 17 heavy (non-hydrogen) atoms. The van der Waals surface area contributed by atoms with E-state index in [9.17, 15) is 0 Å². The lowest BCUT2D eigenvalue weighted by molar-refractivity contribution is 0.467. The maximum Gasteiger partial charge on any atom is 0.118 e. The van der Waals surface area contributed by atoms with E-state index in [0.29, 0.717) is 0 Å². The summed E-state index contributed by atoms with van der Waals surface area (Å²) in [6, 6.07) is 12.5. The molecule has 0 spiro atoms. The van der Waals surface area contributed by atoms with E-state index in [1.165, 1.54) is 5.56 Å². The third kappa shape index (κ3) is 3.46. The molecule has 0 aliphatic heterocycles. The summed E-state index contributed by atoms with van der Waals surface area (Å²) < 4.78 is 6.84. The van der Waals surface area contributed by atoms with Gasteiger partial charge < -0.3 is 4.42 Å². The predicted octanol–water partition coefficient (Wildman–Crippen LogP) is 5.28. The van der Waals surface area contributed by atoms with E-state index in [2.05, 4.69) is 69.1 Å². The molecule has 0 aliphatic rings. The van der Waals surface area contributed by atoms with Crippen LogP contribution in [0.15, 0.2) is 45.3 Å². The second kappa shape index (κ2) is 5.87. The van der Waals surface area contributed by atoms with E-state index in [0.717, 1.165) is 28.8 Å². The second-order valence-corrected chi connectivity index (χ2v) is 5.98. The topological polar surface area (TPSA) is 13.1 Å². The van der Waals surface area contributed by atoms with Gasteiger partial charge in [0.25, 0.3) is 0 Å². The van der Waals surface area contributed by atoms with Crippen LogP contribution in [-0.2, 0) is 12.8 Å². The zero-order chi connectivity index (χ0) is 12.3. The Morgan fingerprint density at radius 3 is 2.41 bits per heavy atom. The first kappa shape index (κ1) is 12.9. The maximum atomic E-state index is 5.73. The van der Waals surface area contributed by atoms with E-state index in [1.807, 2.05) is 6.07 Å². The predicted molar refractivity (Wildman–Crippen MR) is 77.6 cm³/mol. The smallest absolute Gasteiger partial charge is 0.118 e. The van der Waals surface area contributed by atoms with Crippen molar-refractivity contribution >= 4 is 31.9 Å². The number of benzene rings is 1. The van der Waals surface area contributed by atoms with Crippen molar-refractivity contribution in [1.82, 2.24) is 0 Å². The summed E-state index contributed by atoms with van der Waals surface area (Å²) in [5.74, 6) is 2.05. The number of hydrogen-bond donors (Lipinski definition) is 0. The van der Waals surface area contributed by atoms with Crippen molar-refractivity contribution in [3.8, 4) is 0 Å². The Morgan fingerprint density at radius 1 is 1.12 bits per heavy atom. The molecule has 3 heteroatoms. The molecule has 90 valence electrons. The molecule has 1 unspecified atom stereocenters. The Labute approximate surface area is 118 Å². The van der Waals surface area contributed by atoms with Crippen LogP contribution in [0.2, 0.25) is 0 Å². The first-order chi connectivity index (χ1) is 8.19. The van der Waals surface area contributed by atoms with Crippen molar-refractivity contribution < 1.29 is 4.42 Å². The molecule has 1 aromatic carbocycles. The Kier molecular flexibility index (Phi) is 4.46. The van der Waals surface area contributed by atoms with Crippen LogP contribution < -0.4 is 0 Å². The Balaban J connectivity index is 2.05. The van der Waals surface area contributed by atoms with Gasteiger partial charge in [0.05, 0.1) is 4.83 Å². The average Bonchev–Trinajstić information content (AvgIpc) is 2.81. The fraction of sp³-hybridized carbons (Fsp3) is 0.286. The van der Waals surface area contributed by atoms with Gasteiger partial charge in [0, 0.05) is 10.9 Å². The van der Waals surface area contributed by atoms with Crippen LogP contribution in [0, 0.1) is 0 Å². The first-order valence-corrected chi connectivity index (χ1v) is 7.37. The number of aryl methyl sites for hydroxylation is 1. The van der Waals surface area contributed by atoms with E-state index < -0.39 is 0 Å². The van der Waals surface area contributed by atoms with Crippen LogP contribution in [0.25, 0.3) is 0 Å². The number of furan rings is 1. The van der Waals surface area contributed by atoms with Gasteiger partial charge in [-0.2, -0.15) is 0 Å². The number of alkyl halides is 1. The Morgan fingerprint density at radius 2 is 1.82 bits per heavy atom. The van der Waals surface area contributed by atoms with Gasteiger partial charge in [-0.15, -0.1) is 0 Å². The Bertz CT molecular complexity index is 473. The number of halogens is 2. The summed E-state index contributed by atoms with van der Waals surface area (Å²) in [5.41, 5.74) is 1.30. The first-order valence-electron chi connectivity index (χ1n) is 5.66. The molecule has 1 heterocycles. The SMILES string of the molecule is CCc1ccc(C(Br)Cc2ccc(Br)cc2)o1. The van der Waals surface area contributed by atoms with Gasteiger partial charge in [-0.3, -0.25) is 0 Å². The standard InChI is InChI=1S/C14H14Br2O/c1-2-12-7-8-14(17-12)13(16)9-10-3-5-11(15)6-4-10/h3-8,13H,2,9H2,1H3. The molecule has 0 aliphatic carbocycles. The van der Waals surface area contributed by atoms with Crippen molar-refractivity contribution in [2.45, 2.75) is 24.6 Å². The van der Waals surface area contributed by atoms with Gasteiger partial charge in [-0.25, -0.2) is 0 Å². The molecule has 1 nitrogen and oxygen atoms in total. The van der Waals surface area contributed by atoms with Crippen molar-refractivity contribution in [3.63, 3.8) is 0 Å². The largest absolute Gasteiger partial charge is 0.465 e. The summed E-state index contributed by atoms with van der Waals surface area (Å²) in [6.07, 6.45) is 1.88. The lowest BCUT2D eigenvalue weighted by Gasteiger charge is -2.07. The number of hydrogen-bond acceptors (Lipinski definition) is 1. The highest BCUT2D eigenvalue weighted by Gasteiger charge is 2.12. The summed E-state index contributed by atoms with van der Waals surface area (Å²) in [6.45, 7) is 2.10. The highest BCUT2D eigenvalue weighted by molar-refractivity contribution is 9.10. The van der Waals surface area contributed by atoms with Crippen LogP contribution in [0.1, 0.15) is 28.8 Å². The van der Waals surface area contributed by atoms with Gasteiger partial charge in [-0.05, 0) is 36.2 Å². The van der Waals surface area contributed by atoms with Crippen molar-refractivity contribution in [3.05, 3.63) is 58.0 Å². The fourth-order valence-corrected chi connectivity index (χ4v) is 2.57. The monoisotopic (exact) mass is 356 g/mol. The average molecular weight is 358 g/mol. The maximum absolute atomic E-state index is 5.73. The van der Waals surface area contributed by atoms with Gasteiger partial charge in [0.15, 0.2) is 0 Å². The lowest BCUT2D eigenvalue weighted by Crippen LogP contribution is -1.93. The van der Waals surface area contributed by atoms with Gasteiger partial charge in [0.1, 0.15) is 11.5 Å². The highest BCUT2D eigenvalue weighted by atomic mass is 79.9. The van der Waals surface area contributed by atoms with Gasteiger partial charge >= 0.3 is 0 Å². The molecule has 0 radical (unpaired) electrons. The summed E-state index contributed by atoms with van der Waals surface area (Å²) >= 11 is 7.12. The van der Waals surface area contributed by atoms with E-state index >= 15 is 0 Å². The molecular weight excluding hydrogens is 344 g/mol. The van der Waals surface area contributed by atoms with Crippen LogP contribution in [0.3, 0.4) is 0 Å². The lowest BCUT2D eigenvalue weighted by atomic mass is 10.1. The molecule has 0 N–H and O–H groups in total. The molecule has 1 atom stereocenters. The quantitative estimate of drug-likeness (QED) is 0.678. The molecule has 2 rings (SSSR count). The second-order valence-electron chi connectivity index (χ2n) is 3.96. The molecular formula is C14H14Br2O. The van der Waals surface area contributed by atoms with E-state index in [4.69, 9.17) is 4.42 Å². The molecule has 0 amide bonds. The fourth-order valence-electron chi connectivity index (χ4n) is 1.68. The minimum atomic E-state index is 0.240. The molecule has 2 aromatic rings. The van der Waals surface area contributed by atoms with Crippen molar-refractivity contribution in [2.75, 3.05) is 0 Å². The van der Waals surface area contributed by atoms with Crippen LogP contribution in [0.5, 0.6) is 0 Å². The molecule has 0 saturated carbocycles. The minimum absolute atomic E-state index is 0.240. The highest BCUT2D eigenvalue weighted by Crippen LogP contribution is 2.29. The normalized spacial score (nSPS) is 12.6. The molecule has 0 bridgehead atoms. The van der Waals surface area contributed by atoms with Crippen LogP contribution >= 0.6 is 31.9 Å². The third-order valence-electron chi connectivity index (χ3n) is 2.67. The van der Waals surface area contributed by atoms with E-state index in [-0.39, 0.29) is 4.83 Å². The van der Waals surface area contributed by atoms with Crippen molar-refractivity contribution in [1.29, 1.82) is 0 Å². The molecule has 1 aromatic heterocycles. The summed E-state index contributed by atoms with van der Waals surface area (Å²) in [4.78, 5) is 0.240. The summed E-state index contributed by atoms with van der Waals surface area (Å²) in [7, 11) is 0.